The first kappa shape index (κ1) is 18.4. The van der Waals surface area contributed by atoms with Gasteiger partial charge >= 0.3 is 17.8 Å². The van der Waals surface area contributed by atoms with E-state index in [0.29, 0.717) is 18.7 Å². The Morgan fingerprint density at radius 3 is 2.48 bits per heavy atom. The summed E-state index contributed by atoms with van der Waals surface area (Å²) in [7, 11) is 0. The third-order valence-electron chi connectivity index (χ3n) is 3.97. The standard InChI is InChI=1S/C17H21N3O5/c1-11-3-5-13(6-4-11)19-16(23)15(22)18-7-2-8-20-10-12(17(24)25)9-14(20)21/h3-6,12H,2,7-10H2,1H3,(H,18,22)(H,19,23)(H,24,25)/t12-/m1/s1. The van der Waals surface area contributed by atoms with Crippen LogP contribution in [0.25, 0.3) is 0 Å². The Labute approximate surface area is 145 Å². The van der Waals surface area contributed by atoms with E-state index in [1.165, 1.54) is 4.90 Å². The molecule has 8 nitrogen and oxygen atoms in total. The lowest BCUT2D eigenvalue weighted by atomic mass is 10.1. The Bertz CT molecular complexity index is 671. The van der Waals surface area contributed by atoms with Crippen LogP contribution in [0.5, 0.6) is 0 Å². The summed E-state index contributed by atoms with van der Waals surface area (Å²) in [5, 5.41) is 13.9. The first-order valence-electron chi connectivity index (χ1n) is 8.03. The van der Waals surface area contributed by atoms with Gasteiger partial charge in [-0.25, -0.2) is 0 Å². The van der Waals surface area contributed by atoms with Gasteiger partial charge in [0.15, 0.2) is 0 Å². The summed E-state index contributed by atoms with van der Waals surface area (Å²) < 4.78 is 0. The SMILES string of the molecule is Cc1ccc(NC(=O)C(=O)NCCCN2C[C@H](C(=O)O)CC2=O)cc1. The predicted molar refractivity (Wildman–Crippen MR) is 89.8 cm³/mol. The molecule has 1 aliphatic heterocycles. The van der Waals surface area contributed by atoms with Crippen LogP contribution in [0.4, 0.5) is 5.69 Å². The minimum Gasteiger partial charge on any atom is -0.481 e. The number of carbonyl (C=O) groups excluding carboxylic acids is 3. The number of carboxylic acid groups (broad SMARTS) is 1. The van der Waals surface area contributed by atoms with Crippen LogP contribution in [0.15, 0.2) is 24.3 Å². The number of anilines is 1. The smallest absolute Gasteiger partial charge is 0.313 e. The highest BCUT2D eigenvalue weighted by Gasteiger charge is 2.33. The fourth-order valence-corrected chi connectivity index (χ4v) is 2.53. The second kappa shape index (κ2) is 8.27. The van der Waals surface area contributed by atoms with Crippen molar-refractivity contribution in [2.24, 2.45) is 5.92 Å². The van der Waals surface area contributed by atoms with Crippen LogP contribution in [0, 0.1) is 12.8 Å². The molecule has 1 atom stereocenters. The molecule has 1 aromatic rings. The van der Waals surface area contributed by atoms with E-state index in [2.05, 4.69) is 10.6 Å². The van der Waals surface area contributed by atoms with Crippen LogP contribution >= 0.6 is 0 Å². The maximum Gasteiger partial charge on any atom is 0.313 e. The fourth-order valence-electron chi connectivity index (χ4n) is 2.53. The van der Waals surface area contributed by atoms with Crippen molar-refractivity contribution >= 4 is 29.4 Å². The molecule has 0 unspecified atom stereocenters. The molecule has 0 aromatic heterocycles. The molecule has 0 saturated carbocycles. The molecule has 3 amide bonds. The molecule has 1 aliphatic rings. The summed E-state index contributed by atoms with van der Waals surface area (Å²) in [5.74, 6) is -3.35. The predicted octanol–water partition coefficient (Wildman–Crippen LogP) is 0.373. The zero-order valence-corrected chi connectivity index (χ0v) is 13.9. The maximum absolute atomic E-state index is 11.8. The lowest BCUT2D eigenvalue weighted by Crippen LogP contribution is -2.37. The number of amides is 3. The molecule has 8 heteroatoms. The number of rotatable bonds is 6. The molecule has 2 rings (SSSR count). The molecular weight excluding hydrogens is 326 g/mol. The number of benzene rings is 1. The van der Waals surface area contributed by atoms with Gasteiger partial charge in [0, 0.05) is 31.7 Å². The third kappa shape index (κ3) is 5.30. The van der Waals surface area contributed by atoms with E-state index < -0.39 is 23.7 Å². The molecule has 0 aliphatic carbocycles. The largest absolute Gasteiger partial charge is 0.481 e. The molecule has 1 saturated heterocycles. The van der Waals surface area contributed by atoms with Crippen LogP contribution in [0.1, 0.15) is 18.4 Å². The molecule has 134 valence electrons. The highest BCUT2D eigenvalue weighted by atomic mass is 16.4. The molecule has 3 N–H and O–H groups in total. The van der Waals surface area contributed by atoms with Crippen molar-refractivity contribution in [2.45, 2.75) is 19.8 Å². The zero-order valence-electron chi connectivity index (χ0n) is 13.9. The molecule has 25 heavy (non-hydrogen) atoms. The second-order valence-electron chi connectivity index (χ2n) is 6.01. The van der Waals surface area contributed by atoms with Crippen molar-refractivity contribution in [2.75, 3.05) is 25.0 Å². The van der Waals surface area contributed by atoms with Gasteiger partial charge in [0.25, 0.3) is 0 Å². The monoisotopic (exact) mass is 347 g/mol. The average Bonchev–Trinajstić information content (AvgIpc) is 2.94. The average molecular weight is 347 g/mol. The van der Waals surface area contributed by atoms with Crippen LogP contribution in [0.2, 0.25) is 0 Å². The highest BCUT2D eigenvalue weighted by molar-refractivity contribution is 6.39. The van der Waals surface area contributed by atoms with E-state index >= 15 is 0 Å². The highest BCUT2D eigenvalue weighted by Crippen LogP contribution is 2.17. The summed E-state index contributed by atoms with van der Waals surface area (Å²) in [6, 6.07) is 7.06. The van der Waals surface area contributed by atoms with Crippen molar-refractivity contribution in [1.29, 1.82) is 0 Å². The van der Waals surface area contributed by atoms with E-state index in [1.807, 2.05) is 19.1 Å². The summed E-state index contributed by atoms with van der Waals surface area (Å²) in [4.78, 5) is 47.5. The molecule has 1 fully saturated rings. The molecule has 0 spiro atoms. The van der Waals surface area contributed by atoms with Crippen molar-refractivity contribution < 1.29 is 24.3 Å². The van der Waals surface area contributed by atoms with Gasteiger partial charge in [0.05, 0.1) is 5.92 Å². The minimum absolute atomic E-state index is 0.0145. The first-order valence-corrected chi connectivity index (χ1v) is 8.03. The van der Waals surface area contributed by atoms with E-state index in [9.17, 15) is 19.2 Å². The Morgan fingerprint density at radius 2 is 1.88 bits per heavy atom. The van der Waals surface area contributed by atoms with Crippen molar-refractivity contribution in [3.8, 4) is 0 Å². The Balaban J connectivity index is 1.68. The van der Waals surface area contributed by atoms with Crippen molar-refractivity contribution in [3.63, 3.8) is 0 Å². The Morgan fingerprint density at radius 1 is 1.20 bits per heavy atom. The third-order valence-corrected chi connectivity index (χ3v) is 3.97. The van der Waals surface area contributed by atoms with Gasteiger partial charge in [0.1, 0.15) is 0 Å². The van der Waals surface area contributed by atoms with Gasteiger partial charge < -0.3 is 20.6 Å². The van der Waals surface area contributed by atoms with Crippen LogP contribution < -0.4 is 10.6 Å². The zero-order chi connectivity index (χ0) is 18.4. The van der Waals surface area contributed by atoms with Crippen LogP contribution in [-0.2, 0) is 19.2 Å². The van der Waals surface area contributed by atoms with E-state index in [0.717, 1.165) is 5.56 Å². The molecular formula is C17H21N3O5. The maximum atomic E-state index is 11.8. The number of nitrogens with zero attached hydrogens (tertiary/aromatic N) is 1. The lowest BCUT2D eigenvalue weighted by Gasteiger charge is -2.15. The summed E-state index contributed by atoms with van der Waals surface area (Å²) in [5.41, 5.74) is 1.58. The van der Waals surface area contributed by atoms with Crippen LogP contribution in [0.3, 0.4) is 0 Å². The van der Waals surface area contributed by atoms with E-state index in [-0.39, 0.29) is 25.4 Å². The Kier molecular flexibility index (Phi) is 6.10. The molecule has 0 bridgehead atoms. The number of nitrogens with one attached hydrogen (secondary N) is 2. The molecule has 1 aromatic carbocycles. The van der Waals surface area contributed by atoms with E-state index in [4.69, 9.17) is 5.11 Å². The lowest BCUT2D eigenvalue weighted by molar-refractivity contribution is -0.141. The number of aliphatic carboxylic acids is 1. The topological polar surface area (TPSA) is 116 Å². The molecule has 1 heterocycles. The Hall–Kier alpha value is -2.90. The summed E-state index contributed by atoms with van der Waals surface area (Å²) in [6.07, 6.45) is 0.461. The van der Waals surface area contributed by atoms with Gasteiger partial charge in [-0.3, -0.25) is 19.2 Å². The van der Waals surface area contributed by atoms with Crippen molar-refractivity contribution in [3.05, 3.63) is 29.8 Å². The fraction of sp³-hybridized carbons (Fsp3) is 0.412. The summed E-state index contributed by atoms with van der Waals surface area (Å²) in [6.45, 7) is 2.68. The number of likely N-dealkylation sites (tertiary alicyclic amines) is 1. The number of hydrogen-bond donors (Lipinski definition) is 3. The summed E-state index contributed by atoms with van der Waals surface area (Å²) >= 11 is 0. The number of aryl methyl sites for hydroxylation is 1. The van der Waals surface area contributed by atoms with Gasteiger partial charge in [-0.1, -0.05) is 17.7 Å². The second-order valence-corrected chi connectivity index (χ2v) is 6.01. The molecule has 0 radical (unpaired) electrons. The minimum atomic E-state index is -0.975. The quantitative estimate of drug-likeness (QED) is 0.508. The van der Waals surface area contributed by atoms with Crippen molar-refractivity contribution in [1.82, 2.24) is 10.2 Å². The normalized spacial score (nSPS) is 16.6. The van der Waals surface area contributed by atoms with Crippen LogP contribution in [-0.4, -0.2) is 53.3 Å². The van der Waals surface area contributed by atoms with Gasteiger partial charge in [-0.15, -0.1) is 0 Å². The van der Waals surface area contributed by atoms with Gasteiger partial charge in [-0.2, -0.15) is 0 Å². The van der Waals surface area contributed by atoms with Gasteiger partial charge in [-0.05, 0) is 25.5 Å². The number of hydrogen-bond acceptors (Lipinski definition) is 4. The number of carboxylic acids is 1. The first-order chi connectivity index (χ1) is 11.9. The number of carbonyl (C=O) groups is 4. The van der Waals surface area contributed by atoms with E-state index in [1.54, 1.807) is 12.1 Å². The van der Waals surface area contributed by atoms with Gasteiger partial charge in [0.2, 0.25) is 5.91 Å².